The van der Waals surface area contributed by atoms with Crippen molar-refractivity contribution in [2.45, 2.75) is 72.1 Å². The summed E-state index contributed by atoms with van der Waals surface area (Å²) >= 11 is 0. The van der Waals surface area contributed by atoms with Crippen LogP contribution in [-0.4, -0.2) is 0 Å². The molecular formula is C29H34NO+. The van der Waals surface area contributed by atoms with E-state index in [1.54, 1.807) is 0 Å². The van der Waals surface area contributed by atoms with Gasteiger partial charge in [-0.2, -0.15) is 0 Å². The van der Waals surface area contributed by atoms with E-state index in [0.29, 0.717) is 0 Å². The zero-order valence-electron chi connectivity index (χ0n) is 20.2. The van der Waals surface area contributed by atoms with E-state index in [-0.39, 0.29) is 10.8 Å². The van der Waals surface area contributed by atoms with Gasteiger partial charge in [-0.05, 0) is 78.3 Å². The van der Waals surface area contributed by atoms with Crippen LogP contribution in [-0.2, 0) is 17.9 Å². The van der Waals surface area contributed by atoms with E-state index in [4.69, 9.17) is 4.42 Å². The van der Waals surface area contributed by atoms with Crippen LogP contribution in [0.1, 0.15) is 68.4 Å². The van der Waals surface area contributed by atoms with Crippen molar-refractivity contribution in [1.29, 1.82) is 0 Å². The van der Waals surface area contributed by atoms with E-state index in [0.717, 1.165) is 11.2 Å². The maximum Gasteiger partial charge on any atom is 0.216 e. The first-order chi connectivity index (χ1) is 14.5. The van der Waals surface area contributed by atoms with Crippen LogP contribution in [0.25, 0.3) is 33.2 Å². The lowest BCUT2D eigenvalue weighted by molar-refractivity contribution is -0.660. The molecule has 5 rings (SSSR count). The van der Waals surface area contributed by atoms with Gasteiger partial charge in [0.15, 0.2) is 6.20 Å². The highest BCUT2D eigenvalue weighted by atomic mass is 16.3. The van der Waals surface area contributed by atoms with E-state index in [9.17, 15) is 0 Å². The van der Waals surface area contributed by atoms with Crippen molar-refractivity contribution < 1.29 is 8.98 Å². The van der Waals surface area contributed by atoms with E-state index < -0.39 is 0 Å². The van der Waals surface area contributed by atoms with Gasteiger partial charge in [-0.15, -0.1) is 0 Å². The molecule has 4 aromatic rings. The molecule has 0 unspecified atom stereocenters. The second kappa shape index (κ2) is 6.45. The largest absolute Gasteiger partial charge is 0.455 e. The standard InChI is InChI=1S/C29H34NO/c1-17-11-14-30(8)21(15-17)23-18(2)16-19(3)24-25-22(31-27(23)24)10-9-20-26(25)29(6,7)13-12-28(20,4)5/h9-11,14-16H,12-13H2,1-8H3/q+1. The summed E-state index contributed by atoms with van der Waals surface area (Å²) < 4.78 is 8.92. The van der Waals surface area contributed by atoms with Crippen LogP contribution >= 0.6 is 0 Å². The third-order valence-electron chi connectivity index (χ3n) is 7.65. The van der Waals surface area contributed by atoms with Gasteiger partial charge in [0.25, 0.3) is 0 Å². The van der Waals surface area contributed by atoms with Crippen LogP contribution in [0.5, 0.6) is 0 Å². The SMILES string of the molecule is Cc1cc[n+](C)c(-c2c(C)cc(C)c3c2oc2ccc4c(c23)C(C)(C)CCC4(C)C)c1. The number of hydrogen-bond acceptors (Lipinski definition) is 1. The Morgan fingerprint density at radius 3 is 2.29 bits per heavy atom. The normalized spacial score (nSPS) is 17.3. The fraction of sp³-hybridized carbons (Fsp3) is 0.414. The average molecular weight is 413 g/mol. The van der Waals surface area contributed by atoms with E-state index in [1.807, 2.05) is 0 Å². The van der Waals surface area contributed by atoms with E-state index >= 15 is 0 Å². The summed E-state index contributed by atoms with van der Waals surface area (Å²) in [5.41, 5.74) is 11.6. The molecule has 2 heteroatoms. The number of furan rings is 1. The van der Waals surface area contributed by atoms with Crippen LogP contribution in [0, 0.1) is 20.8 Å². The number of nitrogens with zero attached hydrogens (tertiary/aromatic N) is 1. The highest BCUT2D eigenvalue weighted by Crippen LogP contribution is 2.51. The molecule has 0 aliphatic heterocycles. The van der Waals surface area contributed by atoms with Crippen molar-refractivity contribution in [3.8, 4) is 11.3 Å². The Morgan fingerprint density at radius 2 is 1.55 bits per heavy atom. The number of aromatic nitrogens is 1. The molecule has 2 aromatic heterocycles. The second-order valence-corrected chi connectivity index (χ2v) is 11.0. The predicted octanol–water partition coefficient (Wildman–Crippen LogP) is 7.35. The minimum atomic E-state index is 0.132. The Bertz CT molecular complexity index is 1370. The predicted molar refractivity (Wildman–Crippen MR) is 130 cm³/mol. The second-order valence-electron chi connectivity index (χ2n) is 11.0. The lowest BCUT2D eigenvalue weighted by Gasteiger charge is -2.42. The van der Waals surface area contributed by atoms with E-state index in [1.165, 1.54) is 62.7 Å². The Labute approximate surface area is 185 Å². The average Bonchev–Trinajstić information content (AvgIpc) is 3.07. The van der Waals surface area contributed by atoms with Crippen LogP contribution in [0.4, 0.5) is 0 Å². The molecule has 2 heterocycles. The van der Waals surface area contributed by atoms with Gasteiger partial charge in [0, 0.05) is 22.9 Å². The van der Waals surface area contributed by atoms with Crippen LogP contribution in [0.2, 0.25) is 0 Å². The monoisotopic (exact) mass is 412 g/mol. The maximum atomic E-state index is 6.71. The Morgan fingerprint density at radius 1 is 0.839 bits per heavy atom. The third-order valence-corrected chi connectivity index (χ3v) is 7.65. The molecule has 31 heavy (non-hydrogen) atoms. The molecule has 1 aliphatic carbocycles. The van der Waals surface area contributed by atoms with Gasteiger partial charge in [-0.3, -0.25) is 0 Å². The lowest BCUT2D eigenvalue weighted by Crippen LogP contribution is -2.33. The van der Waals surface area contributed by atoms with Gasteiger partial charge >= 0.3 is 0 Å². The molecule has 2 aromatic carbocycles. The fourth-order valence-corrected chi connectivity index (χ4v) is 5.79. The van der Waals surface area contributed by atoms with Gasteiger partial charge in [-0.1, -0.05) is 39.8 Å². The highest BCUT2D eigenvalue weighted by Gasteiger charge is 2.39. The molecule has 0 saturated heterocycles. The minimum absolute atomic E-state index is 0.132. The summed E-state index contributed by atoms with van der Waals surface area (Å²) in [6, 6.07) is 11.3. The molecule has 0 fully saturated rings. The van der Waals surface area contributed by atoms with Crippen LogP contribution in [0.15, 0.2) is 40.9 Å². The van der Waals surface area contributed by atoms with Gasteiger partial charge in [0.2, 0.25) is 5.69 Å². The van der Waals surface area contributed by atoms with Gasteiger partial charge in [-0.25, -0.2) is 4.57 Å². The zero-order valence-corrected chi connectivity index (χ0v) is 20.2. The summed E-state index contributed by atoms with van der Waals surface area (Å²) in [5, 5.41) is 2.62. The number of aryl methyl sites for hydroxylation is 4. The van der Waals surface area contributed by atoms with Crippen LogP contribution in [0.3, 0.4) is 0 Å². The van der Waals surface area contributed by atoms with Gasteiger partial charge < -0.3 is 4.42 Å². The smallest absolute Gasteiger partial charge is 0.216 e. The Balaban J connectivity index is 1.98. The number of benzene rings is 2. The topological polar surface area (TPSA) is 17.0 Å². The number of rotatable bonds is 1. The molecule has 0 atom stereocenters. The summed E-state index contributed by atoms with van der Waals surface area (Å²) in [5.74, 6) is 0. The van der Waals surface area contributed by atoms with Crippen molar-refractivity contribution in [3.63, 3.8) is 0 Å². The molecule has 0 saturated carbocycles. The summed E-state index contributed by atoms with van der Waals surface area (Å²) in [4.78, 5) is 0. The van der Waals surface area contributed by atoms with Gasteiger partial charge in [0.05, 0.1) is 5.56 Å². The minimum Gasteiger partial charge on any atom is -0.455 e. The van der Waals surface area contributed by atoms with Crippen molar-refractivity contribution in [3.05, 3.63) is 64.3 Å². The Kier molecular flexibility index (Phi) is 4.22. The fourth-order valence-electron chi connectivity index (χ4n) is 5.79. The number of hydrogen-bond donors (Lipinski definition) is 0. The molecule has 0 bridgehead atoms. The molecule has 160 valence electrons. The summed E-state index contributed by atoms with van der Waals surface area (Å²) in [6.45, 7) is 16.2. The molecule has 0 radical (unpaired) electrons. The maximum absolute atomic E-state index is 6.71. The molecule has 0 N–H and O–H groups in total. The first-order valence-corrected chi connectivity index (χ1v) is 11.5. The van der Waals surface area contributed by atoms with Crippen LogP contribution < -0.4 is 4.57 Å². The highest BCUT2D eigenvalue weighted by molar-refractivity contribution is 6.13. The molecular weight excluding hydrogens is 378 g/mol. The summed E-state index contributed by atoms with van der Waals surface area (Å²) in [7, 11) is 2.12. The van der Waals surface area contributed by atoms with Crippen molar-refractivity contribution in [2.24, 2.45) is 7.05 Å². The lowest BCUT2D eigenvalue weighted by atomic mass is 9.62. The molecule has 0 amide bonds. The zero-order chi connectivity index (χ0) is 22.3. The molecule has 1 aliphatic rings. The van der Waals surface area contributed by atoms with Crippen molar-refractivity contribution in [1.82, 2.24) is 0 Å². The quantitative estimate of drug-likeness (QED) is 0.299. The first-order valence-electron chi connectivity index (χ1n) is 11.5. The first kappa shape index (κ1) is 20.3. The molecule has 0 spiro atoms. The van der Waals surface area contributed by atoms with Crippen molar-refractivity contribution in [2.75, 3.05) is 0 Å². The molecule has 2 nitrogen and oxygen atoms in total. The van der Waals surface area contributed by atoms with E-state index in [2.05, 4.69) is 96.6 Å². The van der Waals surface area contributed by atoms with Crippen molar-refractivity contribution >= 4 is 21.9 Å². The third kappa shape index (κ3) is 2.87. The summed E-state index contributed by atoms with van der Waals surface area (Å²) in [6.07, 6.45) is 4.56. The number of fused-ring (bicyclic) bond motifs is 5. The van der Waals surface area contributed by atoms with Gasteiger partial charge in [0.1, 0.15) is 18.2 Å². The number of pyridine rings is 1. The Hall–Kier alpha value is -2.61.